The predicted octanol–water partition coefficient (Wildman–Crippen LogP) is 3.08. The highest BCUT2D eigenvalue weighted by molar-refractivity contribution is 7.59. The molecule has 12 heteroatoms. The highest BCUT2D eigenvalue weighted by Gasteiger charge is 2.43. The third-order valence-corrected chi connectivity index (χ3v) is 9.18. The van der Waals surface area contributed by atoms with Gasteiger partial charge in [-0.2, -0.15) is 13.5 Å². The van der Waals surface area contributed by atoms with Gasteiger partial charge in [0.15, 0.2) is 5.78 Å². The monoisotopic (exact) mass is 682 g/mol. The van der Waals surface area contributed by atoms with Gasteiger partial charge in [-0.3, -0.25) is 24.0 Å². The Kier molecular flexibility index (Phi) is 14.5. The first-order valence-electron chi connectivity index (χ1n) is 16.7. The summed E-state index contributed by atoms with van der Waals surface area (Å²) >= 11 is 0. The summed E-state index contributed by atoms with van der Waals surface area (Å²) in [5.74, 6) is -1.26. The summed E-state index contributed by atoms with van der Waals surface area (Å²) in [5.41, 5.74) is 0.517. The van der Waals surface area contributed by atoms with Crippen LogP contribution in [0.5, 0.6) is 5.75 Å². The van der Waals surface area contributed by atoms with Gasteiger partial charge in [0.2, 0.25) is 23.6 Å². The molecule has 2 saturated heterocycles. The largest absolute Gasteiger partial charge is 0.489 e. The number of carbonyl (C=O) groups excluding carboxylic acids is 5. The number of benzene rings is 2. The molecule has 0 unspecified atom stereocenters. The van der Waals surface area contributed by atoms with E-state index >= 15 is 0 Å². The van der Waals surface area contributed by atoms with Crippen molar-refractivity contribution in [3.05, 3.63) is 65.7 Å². The second-order valence-electron chi connectivity index (χ2n) is 12.8. The molecule has 0 aliphatic carbocycles. The molecule has 4 rings (SSSR count). The van der Waals surface area contributed by atoms with Crippen LogP contribution in [0.15, 0.2) is 54.6 Å². The van der Waals surface area contributed by atoms with Gasteiger partial charge in [0.1, 0.15) is 42.1 Å². The van der Waals surface area contributed by atoms with E-state index in [9.17, 15) is 29.1 Å². The summed E-state index contributed by atoms with van der Waals surface area (Å²) in [6, 6.07) is 14.6. The van der Waals surface area contributed by atoms with Crippen LogP contribution in [0.1, 0.15) is 83.3 Å². The Hall–Kier alpha value is -3.90. The van der Waals surface area contributed by atoms with Crippen molar-refractivity contribution >= 4 is 42.9 Å². The second-order valence-corrected chi connectivity index (χ2v) is 12.8. The quantitative estimate of drug-likeness (QED) is 0.237. The topological polar surface area (TPSA) is 154 Å². The van der Waals surface area contributed by atoms with E-state index in [0.29, 0.717) is 57.4 Å². The molecule has 48 heavy (non-hydrogen) atoms. The molecule has 0 saturated carbocycles. The van der Waals surface area contributed by atoms with Crippen molar-refractivity contribution in [1.82, 2.24) is 20.9 Å². The number of ketones is 1. The number of nitrogens with one attached hydrogen (secondary N) is 3. The number of nitrogens with zero attached hydrogens (tertiary/aromatic N) is 1. The molecule has 2 aliphatic heterocycles. The zero-order chi connectivity index (χ0) is 34.0. The fourth-order valence-corrected chi connectivity index (χ4v) is 5.95. The predicted molar refractivity (Wildman–Crippen MR) is 187 cm³/mol. The number of unbranched alkanes of at least 4 members (excludes halogenated alkanes) is 2. The average Bonchev–Trinajstić information content (AvgIpc) is 3.56. The zero-order valence-corrected chi connectivity index (χ0v) is 29.1. The molecule has 262 valence electrons. The van der Waals surface area contributed by atoms with Gasteiger partial charge in [0.05, 0.1) is 0 Å². The Bertz CT molecular complexity index is 1400. The molecule has 0 spiro atoms. The van der Waals surface area contributed by atoms with Crippen LogP contribution in [0.4, 0.5) is 0 Å². The highest BCUT2D eigenvalue weighted by atomic mass is 32.1. The van der Waals surface area contributed by atoms with E-state index in [2.05, 4.69) is 16.0 Å². The Morgan fingerprint density at radius 3 is 2.33 bits per heavy atom. The summed E-state index contributed by atoms with van der Waals surface area (Å²) < 4.78 is 5.90. The van der Waals surface area contributed by atoms with Crippen molar-refractivity contribution in [2.75, 3.05) is 6.54 Å². The standard InChI is InChI=1S/C36H48N4O7.H2S/c1-4-36(3)35(46)38-29(22-25-17-19-27(20-18-25)47-23-26-12-7-5-8-13-26)34(45)40-21-11-15-30(40)33(44)37-28(32(43)39-36)14-9-6-10-16-31(42)24(2)41;/h5,7-8,12-13,17-20,24,28-30,41H,4,6,9-11,14-16,21-23H2,1-3H3,(H,37,44)(H,38,46)(H,39,43);1H2/t24-,28-,29-,30+,36-;/m0./s1. The first kappa shape index (κ1) is 38.5. The zero-order valence-electron chi connectivity index (χ0n) is 28.1. The summed E-state index contributed by atoms with van der Waals surface area (Å²) in [6.45, 7) is 5.62. The van der Waals surface area contributed by atoms with E-state index in [0.717, 1.165) is 11.1 Å². The van der Waals surface area contributed by atoms with E-state index in [1.54, 1.807) is 13.8 Å². The summed E-state index contributed by atoms with van der Waals surface area (Å²) in [7, 11) is 0. The number of rotatable bonds is 13. The molecule has 2 aromatic rings. The van der Waals surface area contributed by atoms with Crippen molar-refractivity contribution in [2.45, 2.75) is 115 Å². The van der Waals surface area contributed by atoms with E-state index in [1.165, 1.54) is 11.8 Å². The van der Waals surface area contributed by atoms with Crippen molar-refractivity contribution < 1.29 is 33.8 Å². The number of Topliss-reactive ketones (excluding diaryl/α,β-unsaturated/α-hetero) is 1. The second kappa shape index (κ2) is 18.0. The van der Waals surface area contributed by atoms with Crippen molar-refractivity contribution in [1.29, 1.82) is 0 Å². The molecular weight excluding hydrogens is 632 g/mol. The Labute approximate surface area is 290 Å². The van der Waals surface area contributed by atoms with E-state index in [4.69, 9.17) is 4.74 Å². The minimum Gasteiger partial charge on any atom is -0.489 e. The summed E-state index contributed by atoms with van der Waals surface area (Å²) in [4.78, 5) is 68.2. The number of hydrogen-bond acceptors (Lipinski definition) is 7. The van der Waals surface area contributed by atoms with Crippen LogP contribution in [0.2, 0.25) is 0 Å². The van der Waals surface area contributed by atoms with Crippen LogP contribution in [-0.2, 0) is 37.0 Å². The number of hydrogen-bond donors (Lipinski definition) is 4. The van der Waals surface area contributed by atoms with Crippen LogP contribution in [0.25, 0.3) is 0 Å². The van der Waals surface area contributed by atoms with Gasteiger partial charge in [-0.05, 0) is 69.2 Å². The van der Waals surface area contributed by atoms with Crippen LogP contribution in [-0.4, -0.2) is 75.7 Å². The number of carbonyl (C=O) groups is 5. The van der Waals surface area contributed by atoms with Crippen LogP contribution in [0.3, 0.4) is 0 Å². The highest BCUT2D eigenvalue weighted by Crippen LogP contribution is 2.23. The van der Waals surface area contributed by atoms with Crippen molar-refractivity contribution in [3.63, 3.8) is 0 Å². The molecule has 4 amide bonds. The molecule has 2 aromatic carbocycles. The summed E-state index contributed by atoms with van der Waals surface area (Å²) in [6.07, 6.45) is 2.79. The van der Waals surface area contributed by atoms with Gasteiger partial charge < -0.3 is 30.7 Å². The van der Waals surface area contributed by atoms with Crippen LogP contribution >= 0.6 is 13.5 Å². The van der Waals surface area contributed by atoms with Gasteiger partial charge in [0.25, 0.3) is 0 Å². The molecule has 0 radical (unpaired) electrons. The smallest absolute Gasteiger partial charge is 0.246 e. The Balaban J connectivity index is 0.00000625. The van der Waals surface area contributed by atoms with Gasteiger partial charge in [-0.1, -0.05) is 62.2 Å². The number of amides is 4. The molecule has 2 heterocycles. The maximum atomic E-state index is 14.0. The lowest BCUT2D eigenvalue weighted by Gasteiger charge is -2.36. The third-order valence-electron chi connectivity index (χ3n) is 9.18. The molecule has 11 nitrogen and oxygen atoms in total. The van der Waals surface area contributed by atoms with E-state index in [1.807, 2.05) is 54.6 Å². The molecular formula is C36H50N4O7S. The Morgan fingerprint density at radius 2 is 1.67 bits per heavy atom. The fourth-order valence-electron chi connectivity index (χ4n) is 5.95. The van der Waals surface area contributed by atoms with Crippen LogP contribution < -0.4 is 20.7 Å². The lowest BCUT2D eigenvalue weighted by molar-refractivity contribution is -0.144. The number of ether oxygens (including phenoxy) is 1. The van der Waals surface area contributed by atoms with Gasteiger partial charge >= 0.3 is 0 Å². The maximum absolute atomic E-state index is 14.0. The Morgan fingerprint density at radius 1 is 0.958 bits per heavy atom. The first-order chi connectivity index (χ1) is 22.5. The molecule has 0 bridgehead atoms. The lowest BCUT2D eigenvalue weighted by Crippen LogP contribution is -2.65. The SMILES string of the molecule is CC[C@]1(C)NC(=O)[C@H](CCCCCC(=O)[C@H](C)O)NC(=O)[C@H]2CCCN2C(=O)[C@H](Cc2ccc(OCc3ccccc3)cc2)NC1=O.S. The van der Waals surface area contributed by atoms with E-state index < -0.39 is 47.5 Å². The number of aliphatic hydroxyl groups excluding tert-OH is 1. The molecule has 0 aromatic heterocycles. The molecule has 2 aliphatic rings. The fraction of sp³-hybridized carbons (Fsp3) is 0.528. The minimum atomic E-state index is -1.33. The number of fused-ring (bicyclic) bond motifs is 1. The number of aliphatic hydroxyl groups is 1. The molecule has 5 atom stereocenters. The van der Waals surface area contributed by atoms with Crippen LogP contribution in [0, 0.1) is 0 Å². The average molecular weight is 683 g/mol. The normalized spacial score (nSPS) is 23.8. The minimum absolute atomic E-state index is 0. The van der Waals surface area contributed by atoms with Gasteiger partial charge in [-0.15, -0.1) is 0 Å². The van der Waals surface area contributed by atoms with Crippen molar-refractivity contribution in [3.8, 4) is 5.75 Å². The van der Waals surface area contributed by atoms with Gasteiger partial charge in [0, 0.05) is 19.4 Å². The maximum Gasteiger partial charge on any atom is 0.246 e. The first-order valence-corrected chi connectivity index (χ1v) is 16.7. The van der Waals surface area contributed by atoms with Crippen molar-refractivity contribution in [2.24, 2.45) is 0 Å². The third kappa shape index (κ3) is 10.3. The van der Waals surface area contributed by atoms with E-state index in [-0.39, 0.29) is 44.4 Å². The summed E-state index contributed by atoms with van der Waals surface area (Å²) in [5, 5.41) is 18.1. The molecule has 2 fully saturated rings. The van der Waals surface area contributed by atoms with Gasteiger partial charge in [-0.25, -0.2) is 0 Å². The lowest BCUT2D eigenvalue weighted by atomic mass is 9.94. The molecule has 4 N–H and O–H groups in total.